The highest BCUT2D eigenvalue weighted by Crippen LogP contribution is 2.24. The fourth-order valence-corrected chi connectivity index (χ4v) is 1.56. The van der Waals surface area contributed by atoms with Gasteiger partial charge in [0, 0.05) is 12.1 Å². The summed E-state index contributed by atoms with van der Waals surface area (Å²) in [5, 5.41) is 19.8. The molecule has 1 heterocycles. The van der Waals surface area contributed by atoms with Gasteiger partial charge < -0.3 is 10.2 Å². The number of hydrogen-bond donors (Lipinski definition) is 2. The average Bonchev–Trinajstić information content (AvgIpc) is 2.16. The summed E-state index contributed by atoms with van der Waals surface area (Å²) in [5.41, 5.74) is 2.03. The van der Waals surface area contributed by atoms with Crippen LogP contribution in [-0.4, -0.2) is 10.2 Å². The molecule has 0 amide bonds. The van der Waals surface area contributed by atoms with E-state index in [9.17, 15) is 10.2 Å². The van der Waals surface area contributed by atoms with E-state index in [1.165, 1.54) is 0 Å². The van der Waals surface area contributed by atoms with Crippen LogP contribution in [0.2, 0.25) is 0 Å². The van der Waals surface area contributed by atoms with E-state index in [0.29, 0.717) is 0 Å². The molecule has 0 spiro atoms. The predicted molar refractivity (Wildman–Crippen MR) is 53.2 cm³/mol. The maximum absolute atomic E-state index is 9.51. The van der Waals surface area contributed by atoms with Crippen molar-refractivity contribution in [2.45, 2.75) is 6.92 Å². The number of fused-ring (bicyclic) bond motifs is 1. The third-order valence-corrected chi connectivity index (χ3v) is 2.39. The van der Waals surface area contributed by atoms with Crippen molar-refractivity contribution in [3.63, 3.8) is 0 Å². The number of aromatic nitrogens is 1. The third-order valence-electron chi connectivity index (χ3n) is 2.39. The van der Waals surface area contributed by atoms with E-state index in [1.54, 1.807) is 17.7 Å². The topological polar surface area (TPSA) is 44.3 Å². The van der Waals surface area contributed by atoms with E-state index in [-0.39, 0.29) is 11.6 Å². The van der Waals surface area contributed by atoms with Crippen molar-refractivity contribution in [1.82, 2.24) is 0 Å². The van der Waals surface area contributed by atoms with Crippen molar-refractivity contribution in [1.29, 1.82) is 0 Å². The molecule has 0 radical (unpaired) electrons. The molecule has 2 aromatic rings. The Labute approximate surface area is 81.9 Å². The molecule has 0 atom stereocenters. The molecule has 3 nitrogen and oxygen atoms in total. The molecule has 0 aliphatic heterocycles. The maximum Gasteiger partial charge on any atom is 0.409 e. The minimum absolute atomic E-state index is 0.0937. The Morgan fingerprint density at radius 1 is 1.14 bits per heavy atom. The average molecular weight is 190 g/mol. The fraction of sp³-hybridized carbons (Fsp3) is 0.182. The molecular formula is C11H12NO2+. The maximum atomic E-state index is 9.51. The largest absolute Gasteiger partial charge is 0.500 e. The molecule has 2 rings (SSSR count). The van der Waals surface area contributed by atoms with E-state index in [1.807, 2.05) is 25.1 Å². The van der Waals surface area contributed by atoms with Crippen molar-refractivity contribution in [2.24, 2.45) is 7.05 Å². The van der Waals surface area contributed by atoms with Gasteiger partial charge in [0.15, 0.2) is 0 Å². The normalized spacial score (nSPS) is 10.7. The Hall–Kier alpha value is -1.77. The molecular weight excluding hydrogens is 178 g/mol. The van der Waals surface area contributed by atoms with Gasteiger partial charge in [0.05, 0.1) is 5.39 Å². The molecule has 72 valence electrons. The van der Waals surface area contributed by atoms with Crippen LogP contribution in [0.4, 0.5) is 0 Å². The van der Waals surface area contributed by atoms with Crippen LogP contribution in [0.3, 0.4) is 0 Å². The highest BCUT2D eigenvalue weighted by atomic mass is 16.3. The summed E-state index contributed by atoms with van der Waals surface area (Å²) >= 11 is 0. The molecule has 1 aromatic heterocycles. The molecule has 0 saturated heterocycles. The Bertz CT molecular complexity index is 506. The molecule has 0 aliphatic carbocycles. The van der Waals surface area contributed by atoms with E-state index in [0.717, 1.165) is 16.5 Å². The predicted octanol–water partition coefficient (Wildman–Crippen LogP) is 1.38. The van der Waals surface area contributed by atoms with Gasteiger partial charge in [-0.15, -0.1) is 0 Å². The first-order valence-electron chi connectivity index (χ1n) is 4.41. The third kappa shape index (κ3) is 1.18. The summed E-state index contributed by atoms with van der Waals surface area (Å²) in [7, 11) is 1.72. The minimum atomic E-state index is -0.108. The first-order chi connectivity index (χ1) is 6.59. The Kier molecular flexibility index (Phi) is 1.81. The van der Waals surface area contributed by atoms with Gasteiger partial charge in [0.25, 0.3) is 0 Å². The SMILES string of the molecule is Cc1ccc2cc(O)c(O)[n+](C)c2c1. The van der Waals surface area contributed by atoms with Crippen LogP contribution in [0, 0.1) is 6.92 Å². The fourth-order valence-electron chi connectivity index (χ4n) is 1.56. The number of nitrogens with zero attached hydrogens (tertiary/aromatic N) is 1. The molecule has 3 heteroatoms. The van der Waals surface area contributed by atoms with Gasteiger partial charge in [-0.1, -0.05) is 6.07 Å². The Morgan fingerprint density at radius 2 is 1.86 bits per heavy atom. The van der Waals surface area contributed by atoms with Crippen molar-refractivity contribution in [2.75, 3.05) is 0 Å². The lowest BCUT2D eigenvalue weighted by Gasteiger charge is -2.01. The second-order valence-corrected chi connectivity index (χ2v) is 3.47. The number of benzene rings is 1. The van der Waals surface area contributed by atoms with Crippen LogP contribution >= 0.6 is 0 Å². The van der Waals surface area contributed by atoms with Crippen LogP contribution in [0.5, 0.6) is 11.6 Å². The quantitative estimate of drug-likeness (QED) is 0.616. The molecule has 0 fully saturated rings. The van der Waals surface area contributed by atoms with Gasteiger partial charge in [-0.25, -0.2) is 0 Å². The van der Waals surface area contributed by atoms with Crippen molar-refractivity contribution >= 4 is 10.9 Å². The van der Waals surface area contributed by atoms with Gasteiger partial charge >= 0.3 is 5.88 Å². The van der Waals surface area contributed by atoms with Gasteiger partial charge in [0.2, 0.25) is 11.3 Å². The minimum Gasteiger partial charge on any atom is -0.500 e. The van der Waals surface area contributed by atoms with Gasteiger partial charge in [-0.3, -0.25) is 0 Å². The van der Waals surface area contributed by atoms with Gasteiger partial charge in [-0.05, 0) is 18.6 Å². The van der Waals surface area contributed by atoms with E-state index < -0.39 is 0 Å². The molecule has 0 unspecified atom stereocenters. The van der Waals surface area contributed by atoms with Crippen LogP contribution in [0.15, 0.2) is 24.3 Å². The van der Waals surface area contributed by atoms with Crippen molar-refractivity contribution in [3.05, 3.63) is 29.8 Å². The number of rotatable bonds is 0. The van der Waals surface area contributed by atoms with E-state index in [2.05, 4.69) is 0 Å². The molecule has 2 N–H and O–H groups in total. The molecule has 0 saturated carbocycles. The summed E-state index contributed by atoms with van der Waals surface area (Å²) < 4.78 is 1.57. The lowest BCUT2D eigenvalue weighted by Crippen LogP contribution is -2.29. The standard InChI is InChI=1S/C11H11NO2/c1-7-3-4-8-6-10(13)11(14)12(2)9(8)5-7/h3-6,13H,1-2H3/p+1. The molecule has 14 heavy (non-hydrogen) atoms. The number of aryl methyl sites for hydroxylation is 2. The Morgan fingerprint density at radius 3 is 2.57 bits per heavy atom. The van der Waals surface area contributed by atoms with E-state index >= 15 is 0 Å². The van der Waals surface area contributed by atoms with E-state index in [4.69, 9.17) is 0 Å². The monoisotopic (exact) mass is 190 g/mol. The van der Waals surface area contributed by atoms with Crippen molar-refractivity contribution < 1.29 is 14.8 Å². The smallest absolute Gasteiger partial charge is 0.409 e. The molecule has 1 aromatic carbocycles. The zero-order valence-electron chi connectivity index (χ0n) is 8.15. The van der Waals surface area contributed by atoms with Crippen LogP contribution in [0.25, 0.3) is 10.9 Å². The number of hydrogen-bond acceptors (Lipinski definition) is 2. The summed E-state index contributed by atoms with van der Waals surface area (Å²) in [6.07, 6.45) is 0. The van der Waals surface area contributed by atoms with Gasteiger partial charge in [0.1, 0.15) is 7.05 Å². The lowest BCUT2D eigenvalue weighted by molar-refractivity contribution is -0.652. The lowest BCUT2D eigenvalue weighted by atomic mass is 10.1. The first-order valence-corrected chi connectivity index (χ1v) is 4.41. The second-order valence-electron chi connectivity index (χ2n) is 3.47. The summed E-state index contributed by atoms with van der Waals surface area (Å²) in [6, 6.07) is 7.42. The number of pyridine rings is 1. The zero-order chi connectivity index (χ0) is 10.3. The number of aromatic hydroxyl groups is 2. The zero-order valence-corrected chi connectivity index (χ0v) is 8.15. The first kappa shape index (κ1) is 8.81. The summed E-state index contributed by atoms with van der Waals surface area (Å²) in [5.74, 6) is -0.202. The van der Waals surface area contributed by atoms with Crippen LogP contribution in [-0.2, 0) is 7.05 Å². The van der Waals surface area contributed by atoms with Crippen LogP contribution in [0.1, 0.15) is 5.56 Å². The highest BCUT2D eigenvalue weighted by Gasteiger charge is 2.15. The van der Waals surface area contributed by atoms with Crippen molar-refractivity contribution in [3.8, 4) is 11.6 Å². The Balaban J connectivity index is 2.92. The summed E-state index contributed by atoms with van der Waals surface area (Å²) in [6.45, 7) is 1.99. The second kappa shape index (κ2) is 2.87. The van der Waals surface area contributed by atoms with Gasteiger partial charge in [-0.2, -0.15) is 4.57 Å². The molecule has 0 aliphatic rings. The highest BCUT2D eigenvalue weighted by molar-refractivity contribution is 5.78. The summed E-state index contributed by atoms with van der Waals surface area (Å²) in [4.78, 5) is 0. The molecule has 0 bridgehead atoms. The van der Waals surface area contributed by atoms with Crippen LogP contribution < -0.4 is 4.57 Å².